The van der Waals surface area contributed by atoms with Gasteiger partial charge in [-0.15, -0.1) is 0 Å². The number of benzene rings is 2. The summed E-state index contributed by atoms with van der Waals surface area (Å²) in [6.45, 7) is 2.74. The van der Waals surface area contributed by atoms with E-state index in [2.05, 4.69) is 17.2 Å². The van der Waals surface area contributed by atoms with Gasteiger partial charge in [0.2, 0.25) is 0 Å². The van der Waals surface area contributed by atoms with Gasteiger partial charge in [-0.25, -0.2) is 4.39 Å². The molecule has 102 valence electrons. The molecule has 2 aromatic rings. The van der Waals surface area contributed by atoms with Crippen LogP contribution in [0.15, 0.2) is 48.5 Å². The van der Waals surface area contributed by atoms with Crippen LogP contribution >= 0.6 is 0 Å². The van der Waals surface area contributed by atoms with Gasteiger partial charge in [0.05, 0.1) is 13.2 Å². The van der Waals surface area contributed by atoms with E-state index in [-0.39, 0.29) is 11.6 Å². The Morgan fingerprint density at radius 2 is 1.95 bits per heavy atom. The Hall–Kier alpha value is -2.47. The summed E-state index contributed by atoms with van der Waals surface area (Å²) in [7, 11) is 0. The first-order chi connectivity index (χ1) is 9.79. The molecule has 0 aromatic heterocycles. The summed E-state index contributed by atoms with van der Waals surface area (Å²) in [5.74, 6) is 5.93. The van der Waals surface area contributed by atoms with Gasteiger partial charge in [-0.3, -0.25) is 0 Å². The van der Waals surface area contributed by atoms with E-state index in [0.29, 0.717) is 18.8 Å². The van der Waals surface area contributed by atoms with Crippen molar-refractivity contribution in [1.29, 1.82) is 0 Å². The van der Waals surface area contributed by atoms with E-state index in [4.69, 9.17) is 4.74 Å². The maximum Gasteiger partial charge on any atom is 0.167 e. The molecule has 2 nitrogen and oxygen atoms in total. The van der Waals surface area contributed by atoms with E-state index in [9.17, 15) is 4.39 Å². The number of anilines is 1. The van der Waals surface area contributed by atoms with Crippen LogP contribution < -0.4 is 10.1 Å². The summed E-state index contributed by atoms with van der Waals surface area (Å²) in [6, 6.07) is 14.5. The van der Waals surface area contributed by atoms with Crippen molar-refractivity contribution in [3.63, 3.8) is 0 Å². The number of halogens is 1. The molecule has 2 rings (SSSR count). The van der Waals surface area contributed by atoms with Crippen molar-refractivity contribution < 1.29 is 9.13 Å². The van der Waals surface area contributed by atoms with Crippen LogP contribution in [0.4, 0.5) is 10.1 Å². The van der Waals surface area contributed by atoms with E-state index < -0.39 is 0 Å². The van der Waals surface area contributed by atoms with Crippen LogP contribution in [0.5, 0.6) is 5.75 Å². The monoisotopic (exact) mass is 269 g/mol. The highest BCUT2D eigenvalue weighted by Crippen LogP contribution is 2.20. The Morgan fingerprint density at radius 3 is 2.65 bits per heavy atom. The summed E-state index contributed by atoms with van der Waals surface area (Å²) in [5.41, 5.74) is 1.65. The van der Waals surface area contributed by atoms with Crippen molar-refractivity contribution in [2.45, 2.75) is 6.92 Å². The highest BCUT2D eigenvalue weighted by atomic mass is 19.1. The Kier molecular flexibility index (Phi) is 5.02. The molecule has 0 heterocycles. The minimum Gasteiger partial charge on any atom is -0.491 e. The van der Waals surface area contributed by atoms with Crippen LogP contribution in [0, 0.1) is 17.7 Å². The Labute approximate surface area is 118 Å². The fourth-order valence-electron chi connectivity index (χ4n) is 1.70. The highest BCUT2D eigenvalue weighted by Gasteiger charge is 2.03. The van der Waals surface area contributed by atoms with Gasteiger partial charge in [0, 0.05) is 17.3 Å². The van der Waals surface area contributed by atoms with Gasteiger partial charge in [0.15, 0.2) is 11.6 Å². The SMILES string of the molecule is CCOc1ccc(NCC#Cc2ccccc2)cc1F. The molecular weight excluding hydrogens is 253 g/mol. The predicted octanol–water partition coefficient (Wildman–Crippen LogP) is 3.69. The van der Waals surface area contributed by atoms with E-state index in [1.807, 2.05) is 37.3 Å². The number of ether oxygens (including phenoxy) is 1. The highest BCUT2D eigenvalue weighted by molar-refractivity contribution is 5.48. The molecule has 0 amide bonds. The smallest absolute Gasteiger partial charge is 0.167 e. The summed E-state index contributed by atoms with van der Waals surface area (Å²) >= 11 is 0. The molecule has 1 N–H and O–H groups in total. The first-order valence-electron chi connectivity index (χ1n) is 6.49. The molecule has 0 radical (unpaired) electrons. The van der Waals surface area contributed by atoms with Crippen molar-refractivity contribution in [2.75, 3.05) is 18.5 Å². The Balaban J connectivity index is 1.92. The van der Waals surface area contributed by atoms with Crippen molar-refractivity contribution >= 4 is 5.69 Å². The lowest BCUT2D eigenvalue weighted by molar-refractivity contribution is 0.321. The van der Waals surface area contributed by atoms with Crippen LogP contribution in [0.25, 0.3) is 0 Å². The second kappa shape index (κ2) is 7.20. The van der Waals surface area contributed by atoms with Gasteiger partial charge in [-0.1, -0.05) is 30.0 Å². The fraction of sp³-hybridized carbons (Fsp3) is 0.176. The van der Waals surface area contributed by atoms with Gasteiger partial charge in [-0.05, 0) is 31.2 Å². The average Bonchev–Trinajstić information content (AvgIpc) is 2.48. The molecule has 20 heavy (non-hydrogen) atoms. The first-order valence-corrected chi connectivity index (χ1v) is 6.49. The minimum absolute atomic E-state index is 0.272. The lowest BCUT2D eigenvalue weighted by atomic mass is 10.2. The van der Waals surface area contributed by atoms with Crippen molar-refractivity contribution in [2.24, 2.45) is 0 Å². The van der Waals surface area contributed by atoms with E-state index in [1.54, 1.807) is 12.1 Å². The maximum absolute atomic E-state index is 13.6. The van der Waals surface area contributed by atoms with Crippen molar-refractivity contribution in [1.82, 2.24) is 0 Å². The third-order valence-corrected chi connectivity index (χ3v) is 2.62. The molecule has 0 spiro atoms. The second-order valence-electron chi connectivity index (χ2n) is 4.10. The number of hydrogen-bond donors (Lipinski definition) is 1. The Bertz CT molecular complexity index is 614. The normalized spacial score (nSPS) is 9.50. The van der Waals surface area contributed by atoms with Crippen LogP contribution in [-0.2, 0) is 0 Å². The molecule has 0 atom stereocenters. The fourth-order valence-corrected chi connectivity index (χ4v) is 1.70. The quantitative estimate of drug-likeness (QED) is 0.855. The summed E-state index contributed by atoms with van der Waals surface area (Å²) < 4.78 is 18.8. The number of rotatable bonds is 4. The molecule has 0 bridgehead atoms. The topological polar surface area (TPSA) is 21.3 Å². The van der Waals surface area contributed by atoms with Crippen molar-refractivity contribution in [3.05, 3.63) is 59.9 Å². The largest absolute Gasteiger partial charge is 0.491 e. The molecule has 0 unspecified atom stereocenters. The second-order valence-corrected chi connectivity index (χ2v) is 4.10. The molecule has 0 fully saturated rings. The summed E-state index contributed by atoms with van der Waals surface area (Å²) in [6.07, 6.45) is 0. The number of hydrogen-bond acceptors (Lipinski definition) is 2. The van der Waals surface area contributed by atoms with Gasteiger partial charge < -0.3 is 10.1 Å². The van der Waals surface area contributed by atoms with Gasteiger partial charge in [0.25, 0.3) is 0 Å². The first kappa shape index (κ1) is 14.0. The standard InChI is InChI=1S/C17H16FNO/c1-2-20-17-11-10-15(13-16(17)18)19-12-6-9-14-7-4-3-5-8-14/h3-5,7-8,10-11,13,19H,2,12H2,1H3. The Morgan fingerprint density at radius 1 is 1.15 bits per heavy atom. The zero-order chi connectivity index (χ0) is 14.2. The van der Waals surface area contributed by atoms with Crippen LogP contribution in [0.2, 0.25) is 0 Å². The lowest BCUT2D eigenvalue weighted by Crippen LogP contribution is -2.00. The molecule has 0 aliphatic carbocycles. The molecule has 3 heteroatoms. The lowest BCUT2D eigenvalue weighted by Gasteiger charge is -2.07. The predicted molar refractivity (Wildman–Crippen MR) is 79.4 cm³/mol. The van der Waals surface area contributed by atoms with Gasteiger partial charge >= 0.3 is 0 Å². The zero-order valence-corrected chi connectivity index (χ0v) is 11.3. The molecule has 0 aliphatic rings. The van der Waals surface area contributed by atoms with E-state index >= 15 is 0 Å². The third-order valence-electron chi connectivity index (χ3n) is 2.62. The van der Waals surface area contributed by atoms with Crippen molar-refractivity contribution in [3.8, 4) is 17.6 Å². The molecule has 2 aromatic carbocycles. The maximum atomic E-state index is 13.6. The van der Waals surface area contributed by atoms with Gasteiger partial charge in [-0.2, -0.15) is 0 Å². The molecular formula is C17H16FNO. The molecule has 0 saturated carbocycles. The summed E-state index contributed by atoms with van der Waals surface area (Å²) in [4.78, 5) is 0. The third kappa shape index (κ3) is 4.03. The van der Waals surface area contributed by atoms with Crippen LogP contribution in [0.1, 0.15) is 12.5 Å². The van der Waals surface area contributed by atoms with Crippen LogP contribution in [0.3, 0.4) is 0 Å². The van der Waals surface area contributed by atoms with Gasteiger partial charge in [0.1, 0.15) is 0 Å². The molecule has 0 aliphatic heterocycles. The van der Waals surface area contributed by atoms with E-state index in [1.165, 1.54) is 6.07 Å². The number of nitrogens with one attached hydrogen (secondary N) is 1. The average molecular weight is 269 g/mol. The van der Waals surface area contributed by atoms with Crippen LogP contribution in [-0.4, -0.2) is 13.2 Å². The zero-order valence-electron chi connectivity index (χ0n) is 11.3. The van der Waals surface area contributed by atoms with E-state index in [0.717, 1.165) is 5.56 Å². The minimum atomic E-state index is -0.368. The summed E-state index contributed by atoms with van der Waals surface area (Å²) in [5, 5.41) is 3.06. The molecule has 0 saturated heterocycles.